The lowest BCUT2D eigenvalue weighted by Crippen LogP contribution is -2.45. The molecular weight excluding hydrogens is 322 g/mol. The molecule has 0 aliphatic rings. The van der Waals surface area contributed by atoms with Gasteiger partial charge < -0.3 is 19.2 Å². The normalized spacial score (nSPS) is 12.3. The van der Waals surface area contributed by atoms with Gasteiger partial charge in [-0.15, -0.1) is 0 Å². The van der Waals surface area contributed by atoms with Crippen LogP contribution in [0.1, 0.15) is 49.4 Å². The van der Waals surface area contributed by atoms with Crippen molar-refractivity contribution in [2.45, 2.75) is 38.8 Å². The molecule has 0 fully saturated rings. The Morgan fingerprint density at radius 3 is 2.40 bits per heavy atom. The lowest BCUT2D eigenvalue weighted by Gasteiger charge is -2.27. The molecule has 0 bridgehead atoms. The Morgan fingerprint density at radius 2 is 1.88 bits per heavy atom. The predicted molar refractivity (Wildman–Crippen MR) is 92.4 cm³/mol. The lowest BCUT2D eigenvalue weighted by atomic mass is 10.0. The molecule has 134 valence electrons. The zero-order chi connectivity index (χ0) is 18.4. The molecule has 1 N–H and O–H groups in total. The number of benzene rings is 1. The van der Waals surface area contributed by atoms with Gasteiger partial charge in [0.05, 0.1) is 13.4 Å². The van der Waals surface area contributed by atoms with Crippen molar-refractivity contribution in [3.8, 4) is 5.75 Å². The first-order valence-corrected chi connectivity index (χ1v) is 8.06. The van der Waals surface area contributed by atoms with E-state index in [2.05, 4.69) is 5.32 Å². The summed E-state index contributed by atoms with van der Waals surface area (Å²) in [5.74, 6) is -0.401. The predicted octanol–water partition coefficient (Wildman–Crippen LogP) is 3.49. The van der Waals surface area contributed by atoms with E-state index in [1.54, 1.807) is 37.4 Å². The van der Waals surface area contributed by atoms with Crippen molar-refractivity contribution in [3.05, 3.63) is 54.0 Å². The molecule has 0 unspecified atom stereocenters. The van der Waals surface area contributed by atoms with Crippen molar-refractivity contribution in [2.75, 3.05) is 7.11 Å². The Bertz CT molecular complexity index is 704. The highest BCUT2D eigenvalue weighted by Gasteiger charge is 2.30. The maximum absolute atomic E-state index is 12.7. The van der Waals surface area contributed by atoms with Gasteiger partial charge in [-0.1, -0.05) is 19.1 Å². The van der Waals surface area contributed by atoms with Crippen molar-refractivity contribution >= 4 is 11.9 Å². The molecule has 2 aromatic rings. The Morgan fingerprint density at radius 1 is 1.20 bits per heavy atom. The third-order valence-electron chi connectivity index (χ3n) is 3.95. The second-order valence-corrected chi connectivity index (χ2v) is 6.26. The van der Waals surface area contributed by atoms with Crippen LogP contribution in [-0.2, 0) is 9.53 Å². The lowest BCUT2D eigenvalue weighted by molar-refractivity contribution is -0.132. The molecule has 0 spiro atoms. The first-order valence-electron chi connectivity index (χ1n) is 8.06. The minimum Gasteiger partial charge on any atom is -0.497 e. The van der Waals surface area contributed by atoms with Gasteiger partial charge in [-0.25, -0.2) is 4.79 Å². The van der Waals surface area contributed by atoms with Gasteiger partial charge in [-0.2, -0.15) is 0 Å². The number of rotatable bonds is 7. The van der Waals surface area contributed by atoms with Gasteiger partial charge in [0.1, 0.15) is 5.75 Å². The topological polar surface area (TPSA) is 77.8 Å². The van der Waals surface area contributed by atoms with E-state index >= 15 is 0 Å². The molecule has 0 aliphatic carbocycles. The maximum atomic E-state index is 12.7. The van der Waals surface area contributed by atoms with Crippen LogP contribution in [0.3, 0.4) is 0 Å². The fourth-order valence-electron chi connectivity index (χ4n) is 2.10. The van der Waals surface area contributed by atoms with Crippen LogP contribution in [0.4, 0.5) is 0 Å². The first kappa shape index (κ1) is 18.6. The summed E-state index contributed by atoms with van der Waals surface area (Å²) in [6.45, 7) is 5.78. The molecule has 2 rings (SSSR count). The Labute approximate surface area is 147 Å². The number of amides is 1. The van der Waals surface area contributed by atoms with E-state index in [0.29, 0.717) is 11.3 Å². The van der Waals surface area contributed by atoms with Crippen molar-refractivity contribution in [1.29, 1.82) is 0 Å². The van der Waals surface area contributed by atoms with E-state index in [1.165, 1.54) is 12.3 Å². The number of methoxy groups -OCH3 is 1. The molecule has 1 aromatic heterocycles. The van der Waals surface area contributed by atoms with E-state index in [1.807, 2.05) is 20.8 Å². The first-order chi connectivity index (χ1) is 11.9. The number of nitrogens with one attached hydrogen (secondary N) is 1. The number of hydrogen-bond donors (Lipinski definition) is 1. The van der Waals surface area contributed by atoms with E-state index < -0.39 is 23.5 Å². The van der Waals surface area contributed by atoms with Crippen LogP contribution in [0.2, 0.25) is 0 Å². The summed E-state index contributed by atoms with van der Waals surface area (Å²) >= 11 is 0. The molecule has 6 heteroatoms. The van der Waals surface area contributed by atoms with Crippen LogP contribution in [0.25, 0.3) is 0 Å². The molecule has 1 aromatic carbocycles. The number of esters is 1. The van der Waals surface area contributed by atoms with Crippen molar-refractivity contribution in [3.63, 3.8) is 0 Å². The third kappa shape index (κ3) is 4.86. The smallest absolute Gasteiger partial charge is 0.375 e. The summed E-state index contributed by atoms with van der Waals surface area (Å²) in [6, 6.07) is 9.87. The molecule has 0 saturated carbocycles. The van der Waals surface area contributed by atoms with Gasteiger partial charge in [0.15, 0.2) is 0 Å². The zero-order valence-electron chi connectivity index (χ0n) is 14.9. The second kappa shape index (κ2) is 7.88. The molecule has 1 atom stereocenters. The summed E-state index contributed by atoms with van der Waals surface area (Å²) < 4.78 is 15.6. The monoisotopic (exact) mass is 345 g/mol. The van der Waals surface area contributed by atoms with Crippen molar-refractivity contribution < 1.29 is 23.5 Å². The van der Waals surface area contributed by atoms with E-state index in [4.69, 9.17) is 13.9 Å². The minimum absolute atomic E-state index is 0.0427. The zero-order valence-corrected chi connectivity index (χ0v) is 14.9. The molecule has 1 amide bonds. The number of carbonyl (C=O) groups excluding carboxylic acids is 2. The third-order valence-corrected chi connectivity index (χ3v) is 3.95. The van der Waals surface area contributed by atoms with Gasteiger partial charge in [0, 0.05) is 11.1 Å². The Balaban J connectivity index is 2.26. The van der Waals surface area contributed by atoms with Gasteiger partial charge >= 0.3 is 5.97 Å². The fourth-order valence-corrected chi connectivity index (χ4v) is 2.10. The standard InChI is InChI=1S/C19H23NO5/c1-5-19(2,3)20-17(21)16(13-8-10-14(23-4)11-9-13)25-18(22)15-7-6-12-24-15/h6-12,16H,5H2,1-4H3,(H,20,21)/t16-/m1/s1. The van der Waals surface area contributed by atoms with Crippen LogP contribution in [0.15, 0.2) is 47.1 Å². The molecule has 0 saturated heterocycles. The number of hydrogen-bond acceptors (Lipinski definition) is 5. The summed E-state index contributed by atoms with van der Waals surface area (Å²) in [4.78, 5) is 25.0. The second-order valence-electron chi connectivity index (χ2n) is 6.26. The molecular formula is C19H23NO5. The van der Waals surface area contributed by atoms with Gasteiger partial charge in [0.2, 0.25) is 11.9 Å². The largest absolute Gasteiger partial charge is 0.497 e. The fraction of sp³-hybridized carbons (Fsp3) is 0.368. The quantitative estimate of drug-likeness (QED) is 0.777. The highest BCUT2D eigenvalue weighted by molar-refractivity contribution is 5.90. The van der Waals surface area contributed by atoms with Crippen LogP contribution in [0, 0.1) is 0 Å². The van der Waals surface area contributed by atoms with Crippen molar-refractivity contribution in [2.24, 2.45) is 0 Å². The summed E-state index contributed by atoms with van der Waals surface area (Å²) in [6.07, 6.45) is 1.02. The average Bonchev–Trinajstić information content (AvgIpc) is 3.14. The molecule has 6 nitrogen and oxygen atoms in total. The van der Waals surface area contributed by atoms with Crippen LogP contribution >= 0.6 is 0 Å². The number of furan rings is 1. The highest BCUT2D eigenvalue weighted by atomic mass is 16.6. The molecule has 25 heavy (non-hydrogen) atoms. The van der Waals surface area contributed by atoms with Gasteiger partial charge in [0.25, 0.3) is 5.91 Å². The summed E-state index contributed by atoms with van der Waals surface area (Å²) in [7, 11) is 1.56. The molecule has 0 aliphatic heterocycles. The Kier molecular flexibility index (Phi) is 5.85. The van der Waals surface area contributed by atoms with Gasteiger partial charge in [-0.05, 0) is 44.5 Å². The summed E-state index contributed by atoms with van der Waals surface area (Å²) in [5, 5.41) is 2.91. The number of carbonyl (C=O) groups is 2. The van der Waals surface area contributed by atoms with E-state index in [0.717, 1.165) is 6.42 Å². The minimum atomic E-state index is -1.09. The SMILES string of the molecule is CCC(C)(C)NC(=O)[C@H](OC(=O)c1ccco1)c1ccc(OC)cc1. The average molecular weight is 345 g/mol. The Hall–Kier alpha value is -2.76. The molecule has 0 radical (unpaired) electrons. The number of ether oxygens (including phenoxy) is 2. The van der Waals surface area contributed by atoms with Crippen molar-refractivity contribution in [1.82, 2.24) is 5.32 Å². The highest BCUT2D eigenvalue weighted by Crippen LogP contribution is 2.24. The van der Waals surface area contributed by atoms with Crippen LogP contribution < -0.4 is 10.1 Å². The molecule has 1 heterocycles. The van der Waals surface area contributed by atoms with Gasteiger partial charge in [-0.3, -0.25) is 4.79 Å². The van der Waals surface area contributed by atoms with Crippen LogP contribution in [0.5, 0.6) is 5.75 Å². The van der Waals surface area contributed by atoms with Crippen LogP contribution in [-0.4, -0.2) is 24.5 Å². The van der Waals surface area contributed by atoms with E-state index in [-0.39, 0.29) is 5.76 Å². The van der Waals surface area contributed by atoms with E-state index in [9.17, 15) is 9.59 Å². The summed E-state index contributed by atoms with van der Waals surface area (Å²) in [5.41, 5.74) is 0.129. The maximum Gasteiger partial charge on any atom is 0.375 e.